The maximum absolute atomic E-state index is 5.40. The van der Waals surface area contributed by atoms with E-state index in [0.29, 0.717) is 6.04 Å². The number of nitrogens with one attached hydrogen (secondary N) is 1. The third-order valence-corrected chi connectivity index (χ3v) is 2.70. The molecule has 84 valence electrons. The Balaban J connectivity index is 1.81. The second kappa shape index (κ2) is 5.23. The van der Waals surface area contributed by atoms with Crippen LogP contribution in [0.15, 0.2) is 6.33 Å². The predicted octanol–water partition coefficient (Wildman–Crippen LogP) is 0.567. The highest BCUT2D eigenvalue weighted by molar-refractivity contribution is 4.85. The average Bonchev–Trinajstić information content (AvgIpc) is 2.75. The van der Waals surface area contributed by atoms with Crippen molar-refractivity contribution in [1.29, 1.82) is 0 Å². The third kappa shape index (κ3) is 2.76. The second-order valence-corrected chi connectivity index (χ2v) is 3.79. The molecule has 0 bridgehead atoms. The van der Waals surface area contributed by atoms with E-state index in [2.05, 4.69) is 22.3 Å². The molecule has 0 spiro atoms. The molecule has 1 N–H and O–H groups in total. The van der Waals surface area contributed by atoms with Gasteiger partial charge in [-0.25, -0.2) is 9.67 Å². The van der Waals surface area contributed by atoms with Crippen molar-refractivity contribution in [3.8, 4) is 0 Å². The van der Waals surface area contributed by atoms with Gasteiger partial charge in [-0.3, -0.25) is 0 Å². The highest BCUT2D eigenvalue weighted by Crippen LogP contribution is 2.06. The molecule has 2 heterocycles. The van der Waals surface area contributed by atoms with Gasteiger partial charge in [0.1, 0.15) is 12.2 Å². The van der Waals surface area contributed by atoms with Gasteiger partial charge in [0.2, 0.25) is 0 Å². The molecule has 15 heavy (non-hydrogen) atoms. The number of aryl methyl sites for hydroxylation is 1. The normalized spacial score (nSPS) is 21.8. The molecular formula is C10H18N4O. The molecule has 1 saturated heterocycles. The molecule has 1 aliphatic rings. The minimum absolute atomic E-state index is 0.473. The van der Waals surface area contributed by atoms with Crippen molar-refractivity contribution in [3.05, 3.63) is 12.2 Å². The molecule has 2 rings (SSSR count). The van der Waals surface area contributed by atoms with Crippen molar-refractivity contribution < 1.29 is 4.74 Å². The summed E-state index contributed by atoms with van der Waals surface area (Å²) in [5, 5.41) is 7.58. The quantitative estimate of drug-likeness (QED) is 0.789. The summed E-state index contributed by atoms with van der Waals surface area (Å²) >= 11 is 0. The van der Waals surface area contributed by atoms with Crippen LogP contribution in [0.2, 0.25) is 0 Å². The van der Waals surface area contributed by atoms with Gasteiger partial charge in [0, 0.05) is 19.2 Å². The first kappa shape index (κ1) is 10.6. The van der Waals surface area contributed by atoms with Crippen LogP contribution in [0, 0.1) is 0 Å². The predicted molar refractivity (Wildman–Crippen MR) is 56.4 cm³/mol. The van der Waals surface area contributed by atoms with Crippen LogP contribution in [-0.4, -0.2) is 34.0 Å². The lowest BCUT2D eigenvalue weighted by Crippen LogP contribution is -2.36. The lowest BCUT2D eigenvalue weighted by Gasteiger charge is -2.22. The summed E-state index contributed by atoms with van der Waals surface area (Å²) in [6.07, 6.45) is 3.95. The van der Waals surface area contributed by atoms with Crippen LogP contribution >= 0.6 is 0 Å². The van der Waals surface area contributed by atoms with Crippen LogP contribution in [0.5, 0.6) is 0 Å². The summed E-state index contributed by atoms with van der Waals surface area (Å²) < 4.78 is 7.32. The summed E-state index contributed by atoms with van der Waals surface area (Å²) in [5.41, 5.74) is 0. The molecule has 1 aromatic heterocycles. The molecule has 1 atom stereocenters. The molecule has 5 nitrogen and oxygen atoms in total. The SMILES string of the molecule is CCn1ncnc1CNC1CCCOC1. The van der Waals surface area contributed by atoms with Gasteiger partial charge in [0.05, 0.1) is 13.2 Å². The Labute approximate surface area is 89.8 Å². The lowest BCUT2D eigenvalue weighted by atomic mass is 10.1. The number of aromatic nitrogens is 3. The number of hydrogen-bond acceptors (Lipinski definition) is 4. The van der Waals surface area contributed by atoms with E-state index in [1.165, 1.54) is 6.42 Å². The molecule has 1 fully saturated rings. The molecule has 0 amide bonds. The van der Waals surface area contributed by atoms with Gasteiger partial charge < -0.3 is 10.1 Å². The van der Waals surface area contributed by atoms with E-state index in [0.717, 1.165) is 38.5 Å². The topological polar surface area (TPSA) is 52.0 Å². The molecule has 0 saturated carbocycles. The molecule has 0 radical (unpaired) electrons. The Bertz CT molecular complexity index is 293. The monoisotopic (exact) mass is 210 g/mol. The molecule has 1 aromatic rings. The summed E-state index contributed by atoms with van der Waals surface area (Å²) in [6, 6.07) is 0.473. The van der Waals surface area contributed by atoms with Crippen molar-refractivity contribution in [2.24, 2.45) is 0 Å². The zero-order valence-corrected chi connectivity index (χ0v) is 9.15. The van der Waals surface area contributed by atoms with Gasteiger partial charge in [-0.1, -0.05) is 0 Å². The van der Waals surface area contributed by atoms with Gasteiger partial charge in [0.15, 0.2) is 0 Å². The average molecular weight is 210 g/mol. The summed E-state index contributed by atoms with van der Waals surface area (Å²) in [5.74, 6) is 1.00. The Morgan fingerprint density at radius 1 is 1.67 bits per heavy atom. The van der Waals surface area contributed by atoms with E-state index in [1.807, 2.05) is 4.68 Å². The Kier molecular flexibility index (Phi) is 3.69. The van der Waals surface area contributed by atoms with Crippen molar-refractivity contribution >= 4 is 0 Å². The van der Waals surface area contributed by atoms with E-state index in [9.17, 15) is 0 Å². The minimum Gasteiger partial charge on any atom is -0.380 e. The highest BCUT2D eigenvalue weighted by atomic mass is 16.5. The van der Waals surface area contributed by atoms with Crippen molar-refractivity contribution in [2.75, 3.05) is 13.2 Å². The number of nitrogens with zero attached hydrogens (tertiary/aromatic N) is 3. The van der Waals surface area contributed by atoms with E-state index < -0.39 is 0 Å². The largest absolute Gasteiger partial charge is 0.380 e. The lowest BCUT2D eigenvalue weighted by molar-refractivity contribution is 0.0696. The van der Waals surface area contributed by atoms with E-state index >= 15 is 0 Å². The first-order chi connectivity index (χ1) is 7.40. The number of hydrogen-bond donors (Lipinski definition) is 1. The fraction of sp³-hybridized carbons (Fsp3) is 0.800. The maximum atomic E-state index is 5.40. The summed E-state index contributed by atoms with van der Waals surface area (Å²) in [4.78, 5) is 4.22. The molecule has 0 aromatic carbocycles. The zero-order valence-electron chi connectivity index (χ0n) is 9.15. The molecule has 5 heteroatoms. The minimum atomic E-state index is 0.473. The van der Waals surface area contributed by atoms with Crippen LogP contribution in [0.1, 0.15) is 25.6 Å². The van der Waals surface area contributed by atoms with Crippen molar-refractivity contribution in [1.82, 2.24) is 20.1 Å². The standard InChI is InChI=1S/C10H18N4O/c1-2-14-10(12-8-13-14)6-11-9-4-3-5-15-7-9/h8-9,11H,2-7H2,1H3. The number of ether oxygens (including phenoxy) is 1. The fourth-order valence-electron chi connectivity index (χ4n) is 1.83. The van der Waals surface area contributed by atoms with Crippen LogP contribution in [-0.2, 0) is 17.8 Å². The van der Waals surface area contributed by atoms with Gasteiger partial charge in [0.25, 0.3) is 0 Å². The molecule has 0 aliphatic carbocycles. The van der Waals surface area contributed by atoms with Crippen LogP contribution in [0.4, 0.5) is 0 Å². The maximum Gasteiger partial charge on any atom is 0.140 e. The van der Waals surface area contributed by atoms with Gasteiger partial charge in [-0.2, -0.15) is 5.10 Å². The van der Waals surface area contributed by atoms with Gasteiger partial charge >= 0.3 is 0 Å². The van der Waals surface area contributed by atoms with Gasteiger partial charge in [-0.15, -0.1) is 0 Å². The molecule has 1 aliphatic heterocycles. The summed E-state index contributed by atoms with van der Waals surface area (Å²) in [7, 11) is 0. The fourth-order valence-corrected chi connectivity index (χ4v) is 1.83. The van der Waals surface area contributed by atoms with Gasteiger partial charge in [-0.05, 0) is 19.8 Å². The third-order valence-electron chi connectivity index (χ3n) is 2.70. The molecular weight excluding hydrogens is 192 g/mol. The van der Waals surface area contributed by atoms with Crippen molar-refractivity contribution in [2.45, 2.75) is 38.9 Å². The van der Waals surface area contributed by atoms with Crippen molar-refractivity contribution in [3.63, 3.8) is 0 Å². The first-order valence-electron chi connectivity index (χ1n) is 5.58. The smallest absolute Gasteiger partial charge is 0.140 e. The van der Waals surface area contributed by atoms with E-state index in [4.69, 9.17) is 4.74 Å². The first-order valence-corrected chi connectivity index (χ1v) is 5.58. The zero-order chi connectivity index (χ0) is 10.5. The highest BCUT2D eigenvalue weighted by Gasteiger charge is 2.13. The van der Waals surface area contributed by atoms with Crippen LogP contribution < -0.4 is 5.32 Å². The van der Waals surface area contributed by atoms with Crippen LogP contribution in [0.25, 0.3) is 0 Å². The molecule has 1 unspecified atom stereocenters. The van der Waals surface area contributed by atoms with E-state index in [1.54, 1.807) is 6.33 Å². The Morgan fingerprint density at radius 3 is 3.33 bits per heavy atom. The summed E-state index contributed by atoms with van der Waals surface area (Å²) in [6.45, 7) is 5.45. The number of rotatable bonds is 4. The second-order valence-electron chi connectivity index (χ2n) is 3.79. The Morgan fingerprint density at radius 2 is 2.60 bits per heavy atom. The van der Waals surface area contributed by atoms with E-state index in [-0.39, 0.29) is 0 Å². The Hall–Kier alpha value is -0.940. The van der Waals surface area contributed by atoms with Crippen LogP contribution in [0.3, 0.4) is 0 Å².